The van der Waals surface area contributed by atoms with Gasteiger partial charge in [0, 0.05) is 20.0 Å². The van der Waals surface area contributed by atoms with Crippen LogP contribution in [-0.2, 0) is 4.79 Å². The van der Waals surface area contributed by atoms with Crippen LogP contribution in [0.5, 0.6) is 0 Å². The molecular formula is C14H21FN2O. The molecule has 0 fully saturated rings. The van der Waals surface area contributed by atoms with Crippen LogP contribution in [-0.4, -0.2) is 20.0 Å². The molecule has 100 valence electrons. The largest absolute Gasteiger partial charge is 0.376 e. The van der Waals surface area contributed by atoms with Crippen LogP contribution in [0.4, 0.5) is 15.8 Å². The molecule has 0 bridgehead atoms. The van der Waals surface area contributed by atoms with Gasteiger partial charge in [-0.2, -0.15) is 0 Å². The maximum absolute atomic E-state index is 13.3. The summed E-state index contributed by atoms with van der Waals surface area (Å²) in [5.41, 5.74) is 1.33. The van der Waals surface area contributed by atoms with Crippen LogP contribution in [0.1, 0.15) is 26.7 Å². The van der Waals surface area contributed by atoms with Crippen LogP contribution in [0.25, 0.3) is 0 Å². The molecule has 0 aliphatic heterocycles. The van der Waals surface area contributed by atoms with Crippen LogP contribution in [0, 0.1) is 11.7 Å². The normalized spacial score (nSPS) is 10.6. The molecule has 0 aliphatic carbocycles. The molecule has 0 atom stereocenters. The van der Waals surface area contributed by atoms with Gasteiger partial charge in [-0.05, 0) is 31.0 Å². The van der Waals surface area contributed by atoms with E-state index in [1.807, 2.05) is 32.8 Å². The van der Waals surface area contributed by atoms with Crippen molar-refractivity contribution in [2.24, 2.45) is 5.92 Å². The summed E-state index contributed by atoms with van der Waals surface area (Å²) in [5.74, 6) is -0.419. The highest BCUT2D eigenvalue weighted by Crippen LogP contribution is 2.26. The number of amides is 1. The standard InChI is InChI=1S/C14H21FN2O/c1-5-10(6-2)14(18)16-12-9-11(15)7-8-13(12)17(3)4/h7-10H,5-6H2,1-4H3,(H,16,18). The lowest BCUT2D eigenvalue weighted by molar-refractivity contribution is -0.120. The summed E-state index contributed by atoms with van der Waals surface area (Å²) >= 11 is 0. The van der Waals surface area contributed by atoms with Crippen molar-refractivity contribution in [2.45, 2.75) is 26.7 Å². The van der Waals surface area contributed by atoms with Gasteiger partial charge in [0.1, 0.15) is 5.82 Å². The molecule has 0 radical (unpaired) electrons. The molecule has 1 amide bonds. The molecule has 4 heteroatoms. The van der Waals surface area contributed by atoms with Crippen LogP contribution in [0.2, 0.25) is 0 Å². The Labute approximate surface area is 108 Å². The predicted octanol–water partition coefficient (Wildman–Crippen LogP) is 3.27. The third kappa shape index (κ3) is 3.45. The number of rotatable bonds is 5. The number of nitrogens with zero attached hydrogens (tertiary/aromatic N) is 1. The Balaban J connectivity index is 2.95. The number of carbonyl (C=O) groups is 1. The first-order valence-electron chi connectivity index (χ1n) is 6.27. The van der Waals surface area contributed by atoms with Gasteiger partial charge in [-0.1, -0.05) is 13.8 Å². The summed E-state index contributed by atoms with van der Waals surface area (Å²) in [5, 5.41) is 2.81. The number of hydrogen-bond donors (Lipinski definition) is 1. The minimum atomic E-state index is -0.347. The Morgan fingerprint density at radius 1 is 1.33 bits per heavy atom. The van der Waals surface area contributed by atoms with E-state index >= 15 is 0 Å². The molecule has 0 saturated heterocycles. The molecular weight excluding hydrogens is 231 g/mol. The topological polar surface area (TPSA) is 32.3 Å². The van der Waals surface area contributed by atoms with Crippen molar-refractivity contribution in [3.05, 3.63) is 24.0 Å². The first-order chi connectivity index (χ1) is 8.49. The maximum atomic E-state index is 13.3. The van der Waals surface area contributed by atoms with E-state index in [1.165, 1.54) is 12.1 Å². The average molecular weight is 252 g/mol. The quantitative estimate of drug-likeness (QED) is 0.872. The van der Waals surface area contributed by atoms with E-state index < -0.39 is 0 Å². The number of hydrogen-bond acceptors (Lipinski definition) is 2. The number of anilines is 2. The lowest BCUT2D eigenvalue weighted by atomic mass is 10.0. The highest BCUT2D eigenvalue weighted by molar-refractivity contribution is 5.95. The van der Waals surface area contributed by atoms with Crippen LogP contribution >= 0.6 is 0 Å². The van der Waals surface area contributed by atoms with Gasteiger partial charge in [0.25, 0.3) is 0 Å². The second kappa shape index (κ2) is 6.38. The van der Waals surface area contributed by atoms with Gasteiger partial charge in [-0.3, -0.25) is 4.79 Å². The number of benzene rings is 1. The average Bonchev–Trinajstić information content (AvgIpc) is 2.30. The molecule has 1 aromatic carbocycles. The lowest BCUT2D eigenvalue weighted by Gasteiger charge is -2.20. The smallest absolute Gasteiger partial charge is 0.227 e. The van der Waals surface area contributed by atoms with Crippen molar-refractivity contribution in [1.29, 1.82) is 0 Å². The molecule has 1 rings (SSSR count). The van der Waals surface area contributed by atoms with Crippen LogP contribution < -0.4 is 10.2 Å². The van der Waals surface area contributed by atoms with Gasteiger partial charge >= 0.3 is 0 Å². The fourth-order valence-electron chi connectivity index (χ4n) is 1.89. The Morgan fingerprint density at radius 2 is 1.94 bits per heavy atom. The van der Waals surface area contributed by atoms with Crippen molar-refractivity contribution in [3.8, 4) is 0 Å². The van der Waals surface area contributed by atoms with Crippen LogP contribution in [0.3, 0.4) is 0 Å². The van der Waals surface area contributed by atoms with E-state index in [4.69, 9.17) is 0 Å². The molecule has 3 nitrogen and oxygen atoms in total. The molecule has 0 saturated carbocycles. The molecule has 0 spiro atoms. The third-order valence-electron chi connectivity index (χ3n) is 3.05. The summed E-state index contributed by atoms with van der Waals surface area (Å²) in [4.78, 5) is 13.9. The van der Waals surface area contributed by atoms with Gasteiger partial charge < -0.3 is 10.2 Å². The number of nitrogens with one attached hydrogen (secondary N) is 1. The molecule has 1 aromatic rings. The van der Waals surface area contributed by atoms with E-state index in [9.17, 15) is 9.18 Å². The Kier molecular flexibility index (Phi) is 5.13. The van der Waals surface area contributed by atoms with Crippen LogP contribution in [0.15, 0.2) is 18.2 Å². The van der Waals surface area contributed by atoms with E-state index in [2.05, 4.69) is 5.32 Å². The molecule has 0 aromatic heterocycles. The number of carbonyl (C=O) groups excluding carboxylic acids is 1. The minimum absolute atomic E-state index is 0.0247. The maximum Gasteiger partial charge on any atom is 0.227 e. The summed E-state index contributed by atoms with van der Waals surface area (Å²) in [7, 11) is 3.72. The van der Waals surface area contributed by atoms with E-state index in [1.54, 1.807) is 6.07 Å². The van der Waals surface area contributed by atoms with E-state index in [0.717, 1.165) is 18.5 Å². The minimum Gasteiger partial charge on any atom is -0.376 e. The zero-order chi connectivity index (χ0) is 13.7. The zero-order valence-corrected chi connectivity index (χ0v) is 11.5. The fourth-order valence-corrected chi connectivity index (χ4v) is 1.89. The monoisotopic (exact) mass is 252 g/mol. The second-order valence-corrected chi connectivity index (χ2v) is 4.56. The highest BCUT2D eigenvalue weighted by Gasteiger charge is 2.16. The van der Waals surface area contributed by atoms with Crippen molar-refractivity contribution >= 4 is 17.3 Å². The van der Waals surface area contributed by atoms with Gasteiger partial charge in [0.15, 0.2) is 0 Å². The van der Waals surface area contributed by atoms with Gasteiger partial charge in [0.05, 0.1) is 11.4 Å². The zero-order valence-electron chi connectivity index (χ0n) is 11.5. The second-order valence-electron chi connectivity index (χ2n) is 4.56. The molecule has 18 heavy (non-hydrogen) atoms. The van der Waals surface area contributed by atoms with Gasteiger partial charge in [-0.25, -0.2) is 4.39 Å². The molecule has 0 unspecified atom stereocenters. The third-order valence-corrected chi connectivity index (χ3v) is 3.05. The predicted molar refractivity (Wildman–Crippen MR) is 73.4 cm³/mol. The van der Waals surface area contributed by atoms with E-state index in [-0.39, 0.29) is 17.6 Å². The van der Waals surface area contributed by atoms with Crippen molar-refractivity contribution in [3.63, 3.8) is 0 Å². The molecule has 0 heterocycles. The Hall–Kier alpha value is -1.58. The summed E-state index contributed by atoms with van der Waals surface area (Å²) in [6, 6.07) is 4.41. The first kappa shape index (κ1) is 14.5. The molecule has 1 N–H and O–H groups in total. The first-order valence-corrected chi connectivity index (χ1v) is 6.27. The Bertz CT molecular complexity index is 414. The summed E-state index contributed by atoms with van der Waals surface area (Å²) in [6.07, 6.45) is 1.57. The van der Waals surface area contributed by atoms with Crippen molar-refractivity contribution in [1.82, 2.24) is 0 Å². The summed E-state index contributed by atoms with van der Waals surface area (Å²) < 4.78 is 13.3. The van der Waals surface area contributed by atoms with Gasteiger partial charge in [-0.15, -0.1) is 0 Å². The summed E-state index contributed by atoms with van der Waals surface area (Å²) in [6.45, 7) is 3.96. The molecule has 0 aliphatic rings. The fraction of sp³-hybridized carbons (Fsp3) is 0.500. The van der Waals surface area contributed by atoms with Crippen molar-refractivity contribution in [2.75, 3.05) is 24.3 Å². The SMILES string of the molecule is CCC(CC)C(=O)Nc1cc(F)ccc1N(C)C. The van der Waals surface area contributed by atoms with Gasteiger partial charge in [0.2, 0.25) is 5.91 Å². The van der Waals surface area contributed by atoms with E-state index in [0.29, 0.717) is 5.69 Å². The number of halogens is 1. The highest BCUT2D eigenvalue weighted by atomic mass is 19.1. The van der Waals surface area contributed by atoms with Crippen molar-refractivity contribution < 1.29 is 9.18 Å². The lowest BCUT2D eigenvalue weighted by Crippen LogP contribution is -2.23. The Morgan fingerprint density at radius 3 is 2.44 bits per heavy atom.